The molecule has 0 aromatic rings. The summed E-state index contributed by atoms with van der Waals surface area (Å²) in [6, 6.07) is 0. The van der Waals surface area contributed by atoms with Crippen LogP contribution in [0.2, 0.25) is 0 Å². The molecule has 0 aromatic carbocycles. The zero-order chi connectivity index (χ0) is 20.6. The van der Waals surface area contributed by atoms with Crippen molar-refractivity contribution in [1.29, 1.82) is 0 Å². The molecule has 27 heavy (non-hydrogen) atoms. The van der Waals surface area contributed by atoms with Gasteiger partial charge in [0.05, 0.1) is 6.54 Å². The SMILES string of the molecule is C=C(F)/C=C(C)\C=C(/C)C(=O)NCC1CCN(CC(=O)NC(C)(C)C)CC1. The van der Waals surface area contributed by atoms with Crippen LogP contribution in [0.15, 0.2) is 35.7 Å². The molecular weight excluding hydrogens is 345 g/mol. The number of rotatable bonds is 7. The van der Waals surface area contributed by atoms with Crippen LogP contribution in [0.25, 0.3) is 0 Å². The van der Waals surface area contributed by atoms with Gasteiger partial charge >= 0.3 is 0 Å². The fourth-order valence-corrected chi connectivity index (χ4v) is 3.08. The van der Waals surface area contributed by atoms with E-state index in [1.54, 1.807) is 19.9 Å². The molecule has 0 atom stereocenters. The van der Waals surface area contributed by atoms with Crippen LogP contribution in [-0.2, 0) is 9.59 Å². The molecule has 1 aliphatic rings. The molecule has 0 spiro atoms. The second-order valence-corrected chi connectivity index (χ2v) is 8.39. The Hall–Kier alpha value is -1.95. The zero-order valence-corrected chi connectivity index (χ0v) is 17.3. The largest absolute Gasteiger partial charge is 0.352 e. The Bertz CT molecular complexity index is 609. The molecule has 1 heterocycles. The maximum atomic E-state index is 12.8. The fraction of sp³-hybridized carbons (Fsp3) is 0.619. The van der Waals surface area contributed by atoms with Crippen LogP contribution in [-0.4, -0.2) is 48.4 Å². The van der Waals surface area contributed by atoms with E-state index in [0.29, 0.717) is 30.2 Å². The second-order valence-electron chi connectivity index (χ2n) is 8.39. The summed E-state index contributed by atoms with van der Waals surface area (Å²) in [5.74, 6) is -0.209. The molecule has 152 valence electrons. The van der Waals surface area contributed by atoms with Crippen LogP contribution in [0.3, 0.4) is 0 Å². The van der Waals surface area contributed by atoms with Gasteiger partial charge in [-0.15, -0.1) is 0 Å². The molecule has 0 radical (unpaired) electrons. The lowest BCUT2D eigenvalue weighted by molar-refractivity contribution is -0.124. The van der Waals surface area contributed by atoms with Gasteiger partial charge in [0.2, 0.25) is 11.8 Å². The van der Waals surface area contributed by atoms with E-state index >= 15 is 0 Å². The average molecular weight is 380 g/mol. The van der Waals surface area contributed by atoms with Crippen LogP contribution in [0.1, 0.15) is 47.5 Å². The highest BCUT2D eigenvalue weighted by Crippen LogP contribution is 2.16. The van der Waals surface area contributed by atoms with E-state index in [9.17, 15) is 14.0 Å². The van der Waals surface area contributed by atoms with Crippen molar-refractivity contribution in [2.75, 3.05) is 26.2 Å². The molecule has 2 N–H and O–H groups in total. The van der Waals surface area contributed by atoms with Gasteiger partial charge in [-0.2, -0.15) is 0 Å². The summed E-state index contributed by atoms with van der Waals surface area (Å²) in [5.41, 5.74) is 0.981. The summed E-state index contributed by atoms with van der Waals surface area (Å²) in [6.45, 7) is 15.3. The molecule has 1 rings (SSSR count). The quantitative estimate of drug-likeness (QED) is 0.528. The molecule has 6 heteroatoms. The predicted octanol–water partition coefficient (Wildman–Crippen LogP) is 3.11. The molecule has 0 saturated carbocycles. The Morgan fingerprint density at radius 3 is 2.30 bits per heavy atom. The van der Waals surface area contributed by atoms with Gasteiger partial charge in [0.15, 0.2) is 0 Å². The number of piperidine rings is 1. The first-order valence-electron chi connectivity index (χ1n) is 9.49. The van der Waals surface area contributed by atoms with Crippen molar-refractivity contribution >= 4 is 11.8 Å². The minimum absolute atomic E-state index is 0.0504. The lowest BCUT2D eigenvalue weighted by Gasteiger charge is -2.32. The highest BCUT2D eigenvalue weighted by molar-refractivity contribution is 5.93. The van der Waals surface area contributed by atoms with Gasteiger partial charge in [-0.3, -0.25) is 14.5 Å². The Morgan fingerprint density at radius 1 is 1.19 bits per heavy atom. The van der Waals surface area contributed by atoms with Crippen LogP contribution in [0.5, 0.6) is 0 Å². The molecule has 0 aliphatic carbocycles. The van der Waals surface area contributed by atoms with Crippen molar-refractivity contribution in [3.63, 3.8) is 0 Å². The maximum Gasteiger partial charge on any atom is 0.246 e. The van der Waals surface area contributed by atoms with Crippen molar-refractivity contribution in [2.24, 2.45) is 5.92 Å². The monoisotopic (exact) mass is 379 g/mol. The Morgan fingerprint density at radius 2 is 1.78 bits per heavy atom. The third kappa shape index (κ3) is 10.1. The summed E-state index contributed by atoms with van der Waals surface area (Å²) in [4.78, 5) is 26.3. The van der Waals surface area contributed by atoms with E-state index in [-0.39, 0.29) is 17.4 Å². The van der Waals surface area contributed by atoms with Gasteiger partial charge in [-0.25, -0.2) is 4.39 Å². The van der Waals surface area contributed by atoms with Crippen LogP contribution < -0.4 is 10.6 Å². The van der Waals surface area contributed by atoms with Crippen LogP contribution in [0, 0.1) is 5.92 Å². The van der Waals surface area contributed by atoms with E-state index in [1.165, 1.54) is 6.08 Å². The number of nitrogens with zero attached hydrogens (tertiary/aromatic N) is 1. The molecule has 1 saturated heterocycles. The average Bonchev–Trinajstić information content (AvgIpc) is 2.51. The Kier molecular flexibility index (Phi) is 8.89. The van der Waals surface area contributed by atoms with E-state index < -0.39 is 5.83 Å². The number of nitrogens with one attached hydrogen (secondary N) is 2. The van der Waals surface area contributed by atoms with Gasteiger partial charge in [0.1, 0.15) is 5.83 Å². The highest BCUT2D eigenvalue weighted by Gasteiger charge is 2.22. The number of carbonyl (C=O) groups is 2. The first-order chi connectivity index (χ1) is 12.5. The van der Waals surface area contributed by atoms with Gasteiger partial charge in [-0.05, 0) is 78.1 Å². The zero-order valence-electron chi connectivity index (χ0n) is 17.3. The van der Waals surface area contributed by atoms with Gasteiger partial charge in [0.25, 0.3) is 0 Å². The predicted molar refractivity (Wildman–Crippen MR) is 108 cm³/mol. The standard InChI is InChI=1S/C21H34FN3O2/c1-15(12-17(3)22)11-16(2)20(27)23-13-18-7-9-25(10-8-18)14-19(26)24-21(4,5)6/h11-12,18H,3,7-10,13-14H2,1-2,4-6H3,(H,23,27)(H,24,26)/b15-12-,16-11+. The van der Waals surface area contributed by atoms with Gasteiger partial charge < -0.3 is 10.6 Å². The number of carbonyl (C=O) groups excluding carboxylic acids is 2. The topological polar surface area (TPSA) is 61.4 Å². The molecular formula is C21H34FN3O2. The van der Waals surface area contributed by atoms with Gasteiger partial charge in [-0.1, -0.05) is 12.7 Å². The van der Waals surface area contributed by atoms with Crippen molar-refractivity contribution in [2.45, 2.75) is 53.0 Å². The molecule has 0 aromatic heterocycles. The van der Waals surface area contributed by atoms with Crippen LogP contribution >= 0.6 is 0 Å². The van der Waals surface area contributed by atoms with Crippen molar-refractivity contribution in [3.05, 3.63) is 35.7 Å². The highest BCUT2D eigenvalue weighted by atomic mass is 19.1. The first-order valence-corrected chi connectivity index (χ1v) is 9.49. The number of hydrogen-bond donors (Lipinski definition) is 2. The number of hydrogen-bond acceptors (Lipinski definition) is 3. The van der Waals surface area contributed by atoms with Crippen molar-refractivity contribution < 1.29 is 14.0 Å². The van der Waals surface area contributed by atoms with Crippen molar-refractivity contribution in [1.82, 2.24) is 15.5 Å². The number of allylic oxidation sites excluding steroid dienone is 4. The lowest BCUT2D eigenvalue weighted by Crippen LogP contribution is -2.48. The number of likely N-dealkylation sites (tertiary alicyclic amines) is 1. The molecule has 1 aliphatic heterocycles. The maximum absolute atomic E-state index is 12.8. The molecule has 0 unspecified atom stereocenters. The van der Waals surface area contributed by atoms with Gasteiger partial charge in [0, 0.05) is 17.7 Å². The smallest absolute Gasteiger partial charge is 0.246 e. The number of halogens is 1. The third-order valence-corrected chi connectivity index (χ3v) is 4.33. The minimum Gasteiger partial charge on any atom is -0.352 e. The van der Waals surface area contributed by atoms with E-state index in [2.05, 4.69) is 22.1 Å². The van der Waals surface area contributed by atoms with Crippen molar-refractivity contribution in [3.8, 4) is 0 Å². The summed E-state index contributed by atoms with van der Waals surface area (Å²) in [5, 5.41) is 5.93. The van der Waals surface area contributed by atoms with E-state index in [4.69, 9.17) is 0 Å². The number of amides is 2. The van der Waals surface area contributed by atoms with Crippen LogP contribution in [0.4, 0.5) is 4.39 Å². The summed E-state index contributed by atoms with van der Waals surface area (Å²) >= 11 is 0. The summed E-state index contributed by atoms with van der Waals surface area (Å²) in [7, 11) is 0. The minimum atomic E-state index is -0.528. The first kappa shape index (κ1) is 23.1. The van der Waals surface area contributed by atoms with E-state index in [0.717, 1.165) is 25.9 Å². The summed E-state index contributed by atoms with van der Waals surface area (Å²) in [6.07, 6.45) is 4.84. The third-order valence-electron chi connectivity index (χ3n) is 4.33. The molecule has 2 amide bonds. The second kappa shape index (κ2) is 10.4. The summed E-state index contributed by atoms with van der Waals surface area (Å²) < 4.78 is 12.8. The Labute approximate surface area is 162 Å². The normalized spacial score (nSPS) is 17.6. The molecule has 0 bridgehead atoms. The van der Waals surface area contributed by atoms with E-state index in [1.807, 2.05) is 20.8 Å². The fourth-order valence-electron chi connectivity index (χ4n) is 3.08. The molecule has 5 nitrogen and oxygen atoms in total. The lowest BCUT2D eigenvalue weighted by atomic mass is 9.96. The molecule has 1 fully saturated rings. The Balaban J connectivity index is 2.36.